The summed E-state index contributed by atoms with van der Waals surface area (Å²) in [6, 6.07) is 0. The van der Waals surface area contributed by atoms with Gasteiger partial charge in [0, 0.05) is 13.5 Å². The summed E-state index contributed by atoms with van der Waals surface area (Å²) in [7, 11) is 3.24. The van der Waals surface area contributed by atoms with Crippen LogP contribution in [0.1, 0.15) is 155 Å². The van der Waals surface area contributed by atoms with Crippen LogP contribution in [-0.4, -0.2) is 26.3 Å². The third kappa shape index (κ3) is 23.9. The molecular formula is C28H56O3. The lowest BCUT2D eigenvalue weighted by Crippen LogP contribution is -2.11. The van der Waals surface area contributed by atoms with Gasteiger partial charge in [0.1, 0.15) is 0 Å². The number of ether oxygens (including phenoxy) is 2. The predicted molar refractivity (Wildman–Crippen MR) is 135 cm³/mol. The van der Waals surface area contributed by atoms with Crippen molar-refractivity contribution in [2.24, 2.45) is 0 Å². The van der Waals surface area contributed by atoms with Gasteiger partial charge in [0.15, 0.2) is 0 Å². The van der Waals surface area contributed by atoms with Gasteiger partial charge in [-0.25, -0.2) is 0 Å². The molecule has 0 aromatic carbocycles. The van der Waals surface area contributed by atoms with Gasteiger partial charge in [0.05, 0.1) is 13.2 Å². The fourth-order valence-corrected chi connectivity index (χ4v) is 4.41. The van der Waals surface area contributed by atoms with Crippen LogP contribution >= 0.6 is 0 Å². The predicted octanol–water partition coefficient (Wildman–Crippen LogP) is 9.17. The lowest BCUT2D eigenvalue weighted by atomic mass is 10.0. The number of rotatable bonds is 25. The third-order valence-corrected chi connectivity index (χ3v) is 6.60. The first-order valence-electron chi connectivity index (χ1n) is 13.8. The number of carbonyl (C=O) groups excluding carboxylic acids is 1. The molecule has 0 bridgehead atoms. The van der Waals surface area contributed by atoms with E-state index in [0.29, 0.717) is 12.5 Å². The fourth-order valence-electron chi connectivity index (χ4n) is 4.41. The Labute approximate surface area is 195 Å². The summed E-state index contributed by atoms with van der Waals surface area (Å²) in [6.07, 6.45) is 30.7. The maximum atomic E-state index is 11.2. The molecule has 0 aromatic rings. The Balaban J connectivity index is 3.21. The molecule has 0 rings (SSSR count). The highest BCUT2D eigenvalue weighted by molar-refractivity contribution is 5.68. The topological polar surface area (TPSA) is 35.5 Å². The molecule has 3 heteroatoms. The van der Waals surface area contributed by atoms with Gasteiger partial charge >= 0.3 is 5.97 Å². The second-order valence-electron chi connectivity index (χ2n) is 9.48. The summed E-state index contributed by atoms with van der Waals surface area (Å²) in [5.41, 5.74) is 0. The Kier molecular flexibility index (Phi) is 25.2. The zero-order valence-corrected chi connectivity index (χ0v) is 21.6. The minimum Gasteiger partial charge on any atom is -0.469 e. The average molecular weight is 441 g/mol. The Morgan fingerprint density at radius 3 is 1.26 bits per heavy atom. The van der Waals surface area contributed by atoms with Gasteiger partial charge in [-0.05, 0) is 19.3 Å². The summed E-state index contributed by atoms with van der Waals surface area (Å²) in [5.74, 6) is -0.113. The summed E-state index contributed by atoms with van der Waals surface area (Å²) in [4.78, 5) is 11.2. The Morgan fingerprint density at radius 2 is 0.903 bits per heavy atom. The molecule has 0 aliphatic rings. The number of esters is 1. The van der Waals surface area contributed by atoms with Crippen molar-refractivity contribution in [3.63, 3.8) is 0 Å². The molecule has 1 atom stereocenters. The number of hydrogen-bond acceptors (Lipinski definition) is 3. The maximum absolute atomic E-state index is 11.2. The first-order valence-corrected chi connectivity index (χ1v) is 13.8. The van der Waals surface area contributed by atoms with Crippen LogP contribution in [0.15, 0.2) is 0 Å². The fraction of sp³-hybridized carbons (Fsp3) is 0.964. The monoisotopic (exact) mass is 440 g/mol. The molecule has 0 aromatic heterocycles. The van der Waals surface area contributed by atoms with Gasteiger partial charge in [-0.2, -0.15) is 0 Å². The molecule has 0 aliphatic carbocycles. The van der Waals surface area contributed by atoms with E-state index in [1.807, 2.05) is 0 Å². The highest BCUT2D eigenvalue weighted by atomic mass is 16.5. The molecule has 0 radical (unpaired) electrons. The van der Waals surface area contributed by atoms with Crippen LogP contribution in [0, 0.1) is 0 Å². The zero-order valence-electron chi connectivity index (χ0n) is 21.6. The van der Waals surface area contributed by atoms with Crippen molar-refractivity contribution in [1.29, 1.82) is 0 Å². The SMILES string of the molecule is CCCCCCCCCCCCCCCCCCCCCC(CCCC(=O)OC)OC. The van der Waals surface area contributed by atoms with Crippen molar-refractivity contribution in [2.45, 2.75) is 161 Å². The van der Waals surface area contributed by atoms with Gasteiger partial charge in [-0.15, -0.1) is 0 Å². The van der Waals surface area contributed by atoms with E-state index in [0.717, 1.165) is 19.3 Å². The minimum absolute atomic E-state index is 0.113. The molecule has 0 saturated carbocycles. The number of carbonyl (C=O) groups is 1. The number of unbranched alkanes of at least 4 members (excludes halogenated alkanes) is 18. The lowest BCUT2D eigenvalue weighted by molar-refractivity contribution is -0.140. The quantitative estimate of drug-likeness (QED) is 0.105. The molecule has 0 fully saturated rings. The Morgan fingerprint density at radius 1 is 0.548 bits per heavy atom. The van der Waals surface area contributed by atoms with Gasteiger partial charge in [-0.3, -0.25) is 4.79 Å². The molecule has 186 valence electrons. The lowest BCUT2D eigenvalue weighted by Gasteiger charge is -2.14. The van der Waals surface area contributed by atoms with Crippen LogP contribution in [0.3, 0.4) is 0 Å². The van der Waals surface area contributed by atoms with Crippen molar-refractivity contribution < 1.29 is 14.3 Å². The summed E-state index contributed by atoms with van der Waals surface area (Å²) in [5, 5.41) is 0. The third-order valence-electron chi connectivity index (χ3n) is 6.60. The minimum atomic E-state index is -0.113. The Bertz CT molecular complexity index is 356. The average Bonchev–Trinajstić information content (AvgIpc) is 2.79. The van der Waals surface area contributed by atoms with Gasteiger partial charge in [0.2, 0.25) is 0 Å². The van der Waals surface area contributed by atoms with E-state index in [9.17, 15) is 4.79 Å². The molecule has 0 saturated heterocycles. The van der Waals surface area contributed by atoms with E-state index >= 15 is 0 Å². The van der Waals surface area contributed by atoms with Crippen molar-refractivity contribution >= 4 is 5.97 Å². The van der Waals surface area contributed by atoms with E-state index in [2.05, 4.69) is 11.7 Å². The molecule has 0 N–H and O–H groups in total. The normalized spacial score (nSPS) is 12.2. The second-order valence-corrected chi connectivity index (χ2v) is 9.48. The second kappa shape index (κ2) is 25.7. The van der Waals surface area contributed by atoms with Crippen LogP contribution in [0.2, 0.25) is 0 Å². The smallest absolute Gasteiger partial charge is 0.305 e. The van der Waals surface area contributed by atoms with Gasteiger partial charge in [-0.1, -0.05) is 129 Å². The molecule has 1 unspecified atom stereocenters. The Hall–Kier alpha value is -0.570. The van der Waals surface area contributed by atoms with Crippen LogP contribution in [-0.2, 0) is 14.3 Å². The molecule has 3 nitrogen and oxygen atoms in total. The molecule has 0 spiro atoms. The van der Waals surface area contributed by atoms with Crippen LogP contribution in [0.25, 0.3) is 0 Å². The molecule has 0 heterocycles. The van der Waals surface area contributed by atoms with Crippen molar-refractivity contribution in [2.75, 3.05) is 14.2 Å². The maximum Gasteiger partial charge on any atom is 0.305 e. The van der Waals surface area contributed by atoms with Crippen LogP contribution < -0.4 is 0 Å². The molecular weight excluding hydrogens is 384 g/mol. The van der Waals surface area contributed by atoms with Gasteiger partial charge < -0.3 is 9.47 Å². The van der Waals surface area contributed by atoms with E-state index in [-0.39, 0.29) is 5.97 Å². The van der Waals surface area contributed by atoms with Crippen molar-refractivity contribution in [3.8, 4) is 0 Å². The van der Waals surface area contributed by atoms with Crippen LogP contribution in [0.5, 0.6) is 0 Å². The first-order chi connectivity index (χ1) is 15.2. The van der Waals surface area contributed by atoms with Gasteiger partial charge in [0.25, 0.3) is 0 Å². The zero-order chi connectivity index (χ0) is 22.8. The van der Waals surface area contributed by atoms with Crippen molar-refractivity contribution in [1.82, 2.24) is 0 Å². The van der Waals surface area contributed by atoms with E-state index < -0.39 is 0 Å². The van der Waals surface area contributed by atoms with E-state index in [1.165, 1.54) is 129 Å². The summed E-state index contributed by atoms with van der Waals surface area (Å²) < 4.78 is 10.2. The highest BCUT2D eigenvalue weighted by Gasteiger charge is 2.08. The molecule has 0 aliphatic heterocycles. The largest absolute Gasteiger partial charge is 0.469 e. The van der Waals surface area contributed by atoms with E-state index in [4.69, 9.17) is 4.74 Å². The summed E-state index contributed by atoms with van der Waals surface area (Å²) in [6.45, 7) is 2.29. The number of hydrogen-bond donors (Lipinski definition) is 0. The number of methoxy groups -OCH3 is 2. The van der Waals surface area contributed by atoms with E-state index in [1.54, 1.807) is 7.11 Å². The van der Waals surface area contributed by atoms with Crippen molar-refractivity contribution in [3.05, 3.63) is 0 Å². The summed E-state index contributed by atoms with van der Waals surface area (Å²) >= 11 is 0. The molecule has 0 amide bonds. The molecule has 31 heavy (non-hydrogen) atoms. The standard InChI is InChI=1S/C28H56O3/c1-4-5-6-7-8-9-10-11-12-13-14-15-16-17-18-19-20-21-22-24-27(30-2)25-23-26-28(29)31-3/h27H,4-26H2,1-3H3. The highest BCUT2D eigenvalue weighted by Crippen LogP contribution is 2.16. The first kappa shape index (κ1) is 30.4. The van der Waals surface area contributed by atoms with Crippen LogP contribution in [0.4, 0.5) is 0 Å².